The monoisotopic (exact) mass is 389 g/mol. The minimum absolute atomic E-state index is 0.225. The molecule has 0 bridgehead atoms. The molecule has 0 radical (unpaired) electrons. The van der Waals surface area contributed by atoms with Crippen LogP contribution in [0.3, 0.4) is 0 Å². The van der Waals surface area contributed by atoms with Crippen LogP contribution in [0.1, 0.15) is 31.4 Å². The molecule has 4 heterocycles. The van der Waals surface area contributed by atoms with Gasteiger partial charge in [-0.25, -0.2) is 19.6 Å². The second-order valence-corrected chi connectivity index (χ2v) is 7.59. The van der Waals surface area contributed by atoms with E-state index in [-0.39, 0.29) is 12.1 Å². The van der Waals surface area contributed by atoms with Crippen molar-refractivity contribution in [3.63, 3.8) is 0 Å². The van der Waals surface area contributed by atoms with E-state index in [0.29, 0.717) is 0 Å². The van der Waals surface area contributed by atoms with Crippen LogP contribution >= 0.6 is 0 Å². The van der Waals surface area contributed by atoms with Crippen LogP contribution in [-0.4, -0.2) is 46.6 Å². The van der Waals surface area contributed by atoms with Crippen molar-refractivity contribution < 1.29 is 5.11 Å². The molecule has 0 amide bonds. The zero-order chi connectivity index (χ0) is 19.8. The summed E-state index contributed by atoms with van der Waals surface area (Å²) in [5, 5.41) is 17.8. The standard InChI is InChI=1S/C21H23N7O/c1-14-8-10-28(26-14)20-12-16(7-9-22-20)27-13-23-18-5-6-19(25-21(18)27)24-15-3-2-4-17(29)11-15/h5-10,12-13,15,17,29H,2-4,11H2,1H3,(H,24,25)/t15-,17+/m1/s1. The van der Waals surface area contributed by atoms with Crippen LogP contribution in [0.15, 0.2) is 49.1 Å². The zero-order valence-corrected chi connectivity index (χ0v) is 16.2. The van der Waals surface area contributed by atoms with Crippen molar-refractivity contribution in [2.75, 3.05) is 5.32 Å². The van der Waals surface area contributed by atoms with E-state index in [1.54, 1.807) is 17.2 Å². The lowest BCUT2D eigenvalue weighted by Gasteiger charge is -2.27. The summed E-state index contributed by atoms with van der Waals surface area (Å²) < 4.78 is 3.71. The third-order valence-corrected chi connectivity index (χ3v) is 5.36. The Bertz CT molecular complexity index is 1150. The summed E-state index contributed by atoms with van der Waals surface area (Å²) in [6.45, 7) is 1.95. The van der Waals surface area contributed by atoms with E-state index in [1.807, 2.05) is 48.0 Å². The SMILES string of the molecule is Cc1ccn(-c2cc(-n3cnc4ccc(N[C@@H]5CCC[C@H](O)C5)nc43)ccn2)n1. The van der Waals surface area contributed by atoms with Gasteiger partial charge in [-0.3, -0.25) is 4.57 Å². The van der Waals surface area contributed by atoms with Crippen LogP contribution in [0.2, 0.25) is 0 Å². The van der Waals surface area contributed by atoms with Gasteiger partial charge in [-0.05, 0) is 56.9 Å². The number of hydrogen-bond acceptors (Lipinski definition) is 6. The Hall–Kier alpha value is -3.26. The van der Waals surface area contributed by atoms with Gasteiger partial charge in [0, 0.05) is 24.5 Å². The Morgan fingerprint density at radius 2 is 2.07 bits per heavy atom. The molecule has 4 aromatic heterocycles. The average molecular weight is 389 g/mol. The summed E-state index contributed by atoms with van der Waals surface area (Å²) in [5.74, 6) is 1.54. The molecule has 2 atom stereocenters. The van der Waals surface area contributed by atoms with Crippen molar-refractivity contribution in [1.29, 1.82) is 0 Å². The Kier molecular flexibility index (Phi) is 4.48. The number of pyridine rings is 2. The molecule has 1 fully saturated rings. The van der Waals surface area contributed by atoms with Crippen LogP contribution in [0.4, 0.5) is 5.82 Å². The number of aliphatic hydroxyl groups is 1. The lowest BCUT2D eigenvalue weighted by atomic mass is 9.93. The molecule has 1 aliphatic carbocycles. The lowest BCUT2D eigenvalue weighted by Crippen LogP contribution is -2.30. The van der Waals surface area contributed by atoms with Crippen LogP contribution in [0.25, 0.3) is 22.7 Å². The third-order valence-electron chi connectivity index (χ3n) is 5.36. The minimum Gasteiger partial charge on any atom is -0.393 e. The van der Waals surface area contributed by atoms with Gasteiger partial charge in [0.1, 0.15) is 17.7 Å². The maximum atomic E-state index is 9.92. The third kappa shape index (κ3) is 3.58. The van der Waals surface area contributed by atoms with E-state index in [4.69, 9.17) is 4.98 Å². The van der Waals surface area contributed by atoms with Crippen molar-refractivity contribution in [2.45, 2.75) is 44.8 Å². The van der Waals surface area contributed by atoms with Gasteiger partial charge in [-0.15, -0.1) is 0 Å². The van der Waals surface area contributed by atoms with Gasteiger partial charge in [0.2, 0.25) is 0 Å². The minimum atomic E-state index is -0.225. The first-order chi connectivity index (χ1) is 14.2. The number of nitrogens with one attached hydrogen (secondary N) is 1. The van der Waals surface area contributed by atoms with Gasteiger partial charge >= 0.3 is 0 Å². The maximum Gasteiger partial charge on any atom is 0.166 e. The zero-order valence-electron chi connectivity index (χ0n) is 16.2. The number of aromatic nitrogens is 6. The van der Waals surface area contributed by atoms with Crippen molar-refractivity contribution >= 4 is 17.0 Å². The Morgan fingerprint density at radius 1 is 1.14 bits per heavy atom. The van der Waals surface area contributed by atoms with Crippen LogP contribution in [0.5, 0.6) is 0 Å². The van der Waals surface area contributed by atoms with Crippen LogP contribution in [0, 0.1) is 6.92 Å². The summed E-state index contributed by atoms with van der Waals surface area (Å²) in [4.78, 5) is 13.7. The second kappa shape index (κ2) is 7.29. The maximum absolute atomic E-state index is 9.92. The van der Waals surface area contributed by atoms with E-state index < -0.39 is 0 Å². The number of aliphatic hydroxyl groups excluding tert-OH is 1. The Labute approximate surface area is 168 Å². The first-order valence-corrected chi connectivity index (χ1v) is 9.93. The predicted octanol–water partition coefficient (Wildman–Crippen LogP) is 3.03. The highest BCUT2D eigenvalue weighted by atomic mass is 16.3. The fourth-order valence-corrected chi connectivity index (χ4v) is 3.89. The number of aryl methyl sites for hydroxylation is 1. The number of anilines is 1. The van der Waals surface area contributed by atoms with Crippen molar-refractivity contribution in [3.8, 4) is 11.5 Å². The van der Waals surface area contributed by atoms with Crippen LogP contribution < -0.4 is 5.32 Å². The molecule has 5 rings (SSSR count). The van der Waals surface area contributed by atoms with Crippen molar-refractivity contribution in [2.24, 2.45) is 0 Å². The largest absolute Gasteiger partial charge is 0.393 e. The molecule has 0 unspecified atom stereocenters. The number of rotatable bonds is 4. The Balaban J connectivity index is 1.47. The van der Waals surface area contributed by atoms with Gasteiger partial charge in [0.15, 0.2) is 11.5 Å². The molecule has 1 aliphatic rings. The molecule has 2 N–H and O–H groups in total. The van der Waals surface area contributed by atoms with Gasteiger partial charge in [0.25, 0.3) is 0 Å². The molecule has 0 aliphatic heterocycles. The van der Waals surface area contributed by atoms with E-state index >= 15 is 0 Å². The summed E-state index contributed by atoms with van der Waals surface area (Å²) >= 11 is 0. The normalized spacial score (nSPS) is 19.5. The number of imidazole rings is 1. The number of nitrogens with zero attached hydrogens (tertiary/aromatic N) is 6. The molecule has 8 nitrogen and oxygen atoms in total. The molecular formula is C21H23N7O. The van der Waals surface area contributed by atoms with E-state index in [9.17, 15) is 5.11 Å². The summed E-state index contributed by atoms with van der Waals surface area (Å²) in [5.41, 5.74) is 3.46. The predicted molar refractivity (Wildman–Crippen MR) is 110 cm³/mol. The van der Waals surface area contributed by atoms with Crippen molar-refractivity contribution in [3.05, 3.63) is 54.7 Å². The molecule has 0 aromatic carbocycles. The molecule has 0 saturated heterocycles. The highest BCUT2D eigenvalue weighted by Crippen LogP contribution is 2.24. The Morgan fingerprint density at radius 3 is 2.90 bits per heavy atom. The molecule has 1 saturated carbocycles. The van der Waals surface area contributed by atoms with E-state index in [1.165, 1.54) is 0 Å². The first-order valence-electron chi connectivity index (χ1n) is 9.93. The molecule has 29 heavy (non-hydrogen) atoms. The molecular weight excluding hydrogens is 366 g/mol. The first kappa shape index (κ1) is 17.8. The van der Waals surface area contributed by atoms with E-state index in [0.717, 1.165) is 59.9 Å². The van der Waals surface area contributed by atoms with Gasteiger partial charge < -0.3 is 10.4 Å². The summed E-state index contributed by atoms with van der Waals surface area (Å²) in [6.07, 6.45) is 8.94. The second-order valence-electron chi connectivity index (χ2n) is 7.59. The fourth-order valence-electron chi connectivity index (χ4n) is 3.89. The van der Waals surface area contributed by atoms with E-state index in [2.05, 4.69) is 20.4 Å². The highest BCUT2D eigenvalue weighted by molar-refractivity contribution is 5.75. The van der Waals surface area contributed by atoms with Gasteiger partial charge in [-0.1, -0.05) is 0 Å². The molecule has 8 heteroatoms. The lowest BCUT2D eigenvalue weighted by molar-refractivity contribution is 0.124. The van der Waals surface area contributed by atoms with Crippen molar-refractivity contribution in [1.82, 2.24) is 29.3 Å². The smallest absolute Gasteiger partial charge is 0.166 e. The highest BCUT2D eigenvalue weighted by Gasteiger charge is 2.20. The van der Waals surface area contributed by atoms with Gasteiger partial charge in [-0.2, -0.15) is 5.10 Å². The van der Waals surface area contributed by atoms with Gasteiger partial charge in [0.05, 0.1) is 17.5 Å². The topological polar surface area (TPSA) is 93.7 Å². The number of fused-ring (bicyclic) bond motifs is 1. The molecule has 0 spiro atoms. The quantitative estimate of drug-likeness (QED) is 0.557. The molecule has 148 valence electrons. The van der Waals surface area contributed by atoms with Crippen LogP contribution in [-0.2, 0) is 0 Å². The average Bonchev–Trinajstić information content (AvgIpc) is 3.34. The fraction of sp³-hybridized carbons (Fsp3) is 0.333. The summed E-state index contributed by atoms with van der Waals surface area (Å²) in [6, 6.07) is 10.0. The number of hydrogen-bond donors (Lipinski definition) is 2. The summed E-state index contributed by atoms with van der Waals surface area (Å²) in [7, 11) is 0. The molecule has 4 aromatic rings.